The third-order valence-electron chi connectivity index (χ3n) is 2.35. The summed E-state index contributed by atoms with van der Waals surface area (Å²) in [4.78, 5) is 8.63. The molecule has 2 rings (SSSR count). The monoisotopic (exact) mass is 249 g/mol. The van der Waals surface area contributed by atoms with Gasteiger partial charge in [0.25, 0.3) is 0 Å². The molecule has 4 nitrogen and oxygen atoms in total. The zero-order valence-corrected chi connectivity index (χ0v) is 10.7. The Morgan fingerprint density at radius 3 is 2.76 bits per heavy atom. The van der Waals surface area contributed by atoms with Crippen molar-refractivity contribution in [2.75, 3.05) is 0 Å². The second-order valence-electron chi connectivity index (χ2n) is 3.88. The molecule has 0 saturated heterocycles. The van der Waals surface area contributed by atoms with Gasteiger partial charge in [-0.25, -0.2) is 4.98 Å². The Kier molecular flexibility index (Phi) is 3.71. The Balaban J connectivity index is 1.91. The topological polar surface area (TPSA) is 58.0 Å². The molecule has 0 aromatic carbocycles. The minimum atomic E-state index is 0.234. The molecule has 2 heterocycles. The molecule has 0 aliphatic heterocycles. The molecule has 0 fully saturated rings. The van der Waals surface area contributed by atoms with E-state index in [1.807, 2.05) is 19.2 Å². The van der Waals surface area contributed by atoms with Gasteiger partial charge < -0.3 is 10.4 Å². The molecule has 2 aromatic heterocycles. The fourth-order valence-corrected chi connectivity index (χ4v) is 2.14. The summed E-state index contributed by atoms with van der Waals surface area (Å²) in [6, 6.07) is 3.47. The molecule has 0 spiro atoms. The van der Waals surface area contributed by atoms with Crippen molar-refractivity contribution in [2.24, 2.45) is 0 Å². The number of rotatable bonds is 4. The lowest BCUT2D eigenvalue weighted by molar-refractivity contribution is 0.458. The Labute approximate surface area is 104 Å². The predicted molar refractivity (Wildman–Crippen MR) is 68.0 cm³/mol. The van der Waals surface area contributed by atoms with Crippen LogP contribution in [0.25, 0.3) is 0 Å². The molecule has 90 valence electrons. The second kappa shape index (κ2) is 5.25. The highest BCUT2D eigenvalue weighted by atomic mass is 32.1. The first kappa shape index (κ1) is 12.0. The zero-order chi connectivity index (χ0) is 12.3. The maximum Gasteiger partial charge on any atom is 0.138 e. The number of aromatic nitrogens is 2. The summed E-state index contributed by atoms with van der Waals surface area (Å²) < 4.78 is 0. The maximum absolute atomic E-state index is 9.62. The molecule has 0 atom stereocenters. The quantitative estimate of drug-likeness (QED) is 0.871. The van der Waals surface area contributed by atoms with Crippen LogP contribution < -0.4 is 5.32 Å². The van der Waals surface area contributed by atoms with Crippen molar-refractivity contribution in [1.29, 1.82) is 0 Å². The van der Waals surface area contributed by atoms with E-state index in [9.17, 15) is 5.11 Å². The van der Waals surface area contributed by atoms with Gasteiger partial charge in [-0.1, -0.05) is 0 Å². The SMILES string of the molecule is Cc1ccc(O)c(CNCc2csc(C)n2)n1. The first-order valence-electron chi connectivity index (χ1n) is 5.42. The van der Waals surface area contributed by atoms with Crippen LogP contribution in [0.5, 0.6) is 5.75 Å². The smallest absolute Gasteiger partial charge is 0.138 e. The van der Waals surface area contributed by atoms with Crippen LogP contribution in [-0.2, 0) is 13.1 Å². The normalized spacial score (nSPS) is 10.7. The number of aromatic hydroxyl groups is 1. The molecular weight excluding hydrogens is 234 g/mol. The maximum atomic E-state index is 9.62. The van der Waals surface area contributed by atoms with E-state index in [2.05, 4.69) is 15.3 Å². The molecule has 0 aliphatic carbocycles. The molecular formula is C12H15N3OS. The van der Waals surface area contributed by atoms with Gasteiger partial charge in [0, 0.05) is 24.2 Å². The van der Waals surface area contributed by atoms with Gasteiger partial charge in [0.05, 0.1) is 16.4 Å². The van der Waals surface area contributed by atoms with Crippen LogP contribution in [0, 0.1) is 13.8 Å². The lowest BCUT2D eigenvalue weighted by Crippen LogP contribution is -2.14. The summed E-state index contributed by atoms with van der Waals surface area (Å²) in [5.41, 5.74) is 2.61. The van der Waals surface area contributed by atoms with Gasteiger partial charge in [-0.05, 0) is 26.0 Å². The highest BCUT2D eigenvalue weighted by Crippen LogP contribution is 2.14. The Bertz CT molecular complexity index is 510. The van der Waals surface area contributed by atoms with Gasteiger partial charge in [0.15, 0.2) is 0 Å². The van der Waals surface area contributed by atoms with Crippen molar-refractivity contribution >= 4 is 11.3 Å². The number of thiazole rings is 1. The lowest BCUT2D eigenvalue weighted by Gasteiger charge is -2.05. The fourth-order valence-electron chi connectivity index (χ4n) is 1.53. The Morgan fingerprint density at radius 2 is 2.06 bits per heavy atom. The van der Waals surface area contributed by atoms with Crippen LogP contribution in [0.3, 0.4) is 0 Å². The summed E-state index contributed by atoms with van der Waals surface area (Å²) >= 11 is 1.64. The van der Waals surface area contributed by atoms with Gasteiger partial charge in [0.1, 0.15) is 5.75 Å². The van der Waals surface area contributed by atoms with Crippen LogP contribution in [0.4, 0.5) is 0 Å². The van der Waals surface area contributed by atoms with Crippen LogP contribution in [0.2, 0.25) is 0 Å². The fraction of sp³-hybridized carbons (Fsp3) is 0.333. The molecule has 2 N–H and O–H groups in total. The summed E-state index contributed by atoms with van der Waals surface area (Å²) in [6.45, 7) is 5.14. The van der Waals surface area contributed by atoms with E-state index >= 15 is 0 Å². The van der Waals surface area contributed by atoms with Gasteiger partial charge in [-0.2, -0.15) is 0 Å². The average molecular weight is 249 g/mol. The number of nitrogens with one attached hydrogen (secondary N) is 1. The summed E-state index contributed by atoms with van der Waals surface area (Å²) in [7, 11) is 0. The van der Waals surface area contributed by atoms with Crippen LogP contribution >= 0.6 is 11.3 Å². The molecule has 0 aliphatic rings. The molecule has 2 aromatic rings. The van der Waals surface area contributed by atoms with Gasteiger partial charge >= 0.3 is 0 Å². The molecule has 0 amide bonds. The highest BCUT2D eigenvalue weighted by Gasteiger charge is 2.03. The predicted octanol–water partition coefficient (Wildman–Crippen LogP) is 2.15. The van der Waals surface area contributed by atoms with Crippen molar-refractivity contribution in [2.45, 2.75) is 26.9 Å². The standard InChI is InChI=1S/C12H15N3OS/c1-8-3-4-12(16)11(14-8)6-13-5-10-7-17-9(2)15-10/h3-4,7,13,16H,5-6H2,1-2H3. The summed E-state index contributed by atoms with van der Waals surface area (Å²) in [6.07, 6.45) is 0. The van der Waals surface area contributed by atoms with E-state index in [0.29, 0.717) is 18.8 Å². The van der Waals surface area contributed by atoms with Crippen molar-refractivity contribution in [3.05, 3.63) is 39.6 Å². The van der Waals surface area contributed by atoms with E-state index in [0.717, 1.165) is 16.4 Å². The Hall–Kier alpha value is -1.46. The first-order chi connectivity index (χ1) is 8.15. The molecule has 0 bridgehead atoms. The number of hydrogen-bond donors (Lipinski definition) is 2. The minimum Gasteiger partial charge on any atom is -0.506 e. The zero-order valence-electron chi connectivity index (χ0n) is 9.90. The van der Waals surface area contributed by atoms with Crippen LogP contribution in [0.1, 0.15) is 22.1 Å². The number of hydrogen-bond acceptors (Lipinski definition) is 5. The lowest BCUT2D eigenvalue weighted by atomic mass is 10.3. The largest absolute Gasteiger partial charge is 0.506 e. The second-order valence-corrected chi connectivity index (χ2v) is 4.94. The number of nitrogens with zero attached hydrogens (tertiary/aromatic N) is 2. The van der Waals surface area contributed by atoms with Crippen molar-refractivity contribution in [1.82, 2.24) is 15.3 Å². The van der Waals surface area contributed by atoms with E-state index in [-0.39, 0.29) is 5.75 Å². The average Bonchev–Trinajstić information content (AvgIpc) is 2.69. The molecule has 0 unspecified atom stereocenters. The van der Waals surface area contributed by atoms with Gasteiger partial charge in [-0.15, -0.1) is 11.3 Å². The summed E-state index contributed by atoms with van der Waals surface area (Å²) in [5, 5.41) is 15.9. The third kappa shape index (κ3) is 3.25. The molecule has 0 saturated carbocycles. The van der Waals surface area contributed by atoms with Gasteiger partial charge in [-0.3, -0.25) is 4.98 Å². The van der Waals surface area contributed by atoms with Crippen molar-refractivity contribution in [3.8, 4) is 5.75 Å². The van der Waals surface area contributed by atoms with Crippen molar-refractivity contribution in [3.63, 3.8) is 0 Å². The van der Waals surface area contributed by atoms with Crippen molar-refractivity contribution < 1.29 is 5.11 Å². The first-order valence-corrected chi connectivity index (χ1v) is 6.30. The van der Waals surface area contributed by atoms with E-state index in [1.54, 1.807) is 23.5 Å². The third-order valence-corrected chi connectivity index (χ3v) is 3.18. The molecule has 0 radical (unpaired) electrons. The molecule has 17 heavy (non-hydrogen) atoms. The van der Waals surface area contributed by atoms with E-state index in [4.69, 9.17) is 0 Å². The van der Waals surface area contributed by atoms with Crippen LogP contribution in [0.15, 0.2) is 17.5 Å². The Morgan fingerprint density at radius 1 is 1.24 bits per heavy atom. The summed E-state index contributed by atoms with van der Waals surface area (Å²) in [5.74, 6) is 0.234. The highest BCUT2D eigenvalue weighted by molar-refractivity contribution is 7.09. The van der Waals surface area contributed by atoms with Crippen LogP contribution in [-0.4, -0.2) is 15.1 Å². The van der Waals surface area contributed by atoms with E-state index < -0.39 is 0 Å². The van der Waals surface area contributed by atoms with E-state index in [1.165, 1.54) is 0 Å². The number of aryl methyl sites for hydroxylation is 2. The van der Waals surface area contributed by atoms with Gasteiger partial charge in [0.2, 0.25) is 0 Å². The molecule has 5 heteroatoms. The number of pyridine rings is 1. The minimum absolute atomic E-state index is 0.234.